The Balaban J connectivity index is 1.47. The molecule has 6 nitrogen and oxygen atoms in total. The van der Waals surface area contributed by atoms with E-state index in [4.69, 9.17) is 0 Å². The van der Waals surface area contributed by atoms with Gasteiger partial charge in [0.1, 0.15) is 0 Å². The van der Waals surface area contributed by atoms with Gasteiger partial charge in [0, 0.05) is 50.0 Å². The van der Waals surface area contributed by atoms with E-state index in [1.165, 1.54) is 16.0 Å². The zero-order chi connectivity index (χ0) is 18.2. The second-order valence-electron chi connectivity index (χ2n) is 5.99. The highest BCUT2D eigenvalue weighted by atomic mass is 32.1. The van der Waals surface area contributed by atoms with Crippen LogP contribution in [0.2, 0.25) is 0 Å². The summed E-state index contributed by atoms with van der Waals surface area (Å²) in [5.74, 6) is 0.802. The molecule has 3 aromatic rings. The minimum Gasteiger partial charge on any atom is -0.356 e. The number of nitrogens with one attached hydrogen (secondary N) is 2. The van der Waals surface area contributed by atoms with Crippen molar-refractivity contribution in [2.75, 3.05) is 13.6 Å². The van der Waals surface area contributed by atoms with Crippen molar-refractivity contribution in [1.82, 2.24) is 25.4 Å². The molecule has 0 amide bonds. The molecule has 0 fully saturated rings. The molecule has 0 saturated carbocycles. The first-order valence-corrected chi connectivity index (χ1v) is 9.45. The summed E-state index contributed by atoms with van der Waals surface area (Å²) in [6, 6.07) is 10.4. The van der Waals surface area contributed by atoms with E-state index >= 15 is 0 Å². The van der Waals surface area contributed by atoms with Gasteiger partial charge in [-0.2, -0.15) is 5.10 Å². The lowest BCUT2D eigenvalue weighted by Gasteiger charge is -2.12. The van der Waals surface area contributed by atoms with Crippen LogP contribution in [0.3, 0.4) is 0 Å². The summed E-state index contributed by atoms with van der Waals surface area (Å²) in [4.78, 5) is 9.92. The van der Waals surface area contributed by atoms with Gasteiger partial charge in [0.15, 0.2) is 5.96 Å². The van der Waals surface area contributed by atoms with Crippen LogP contribution in [0.25, 0.3) is 0 Å². The Morgan fingerprint density at radius 2 is 2.12 bits per heavy atom. The fourth-order valence-electron chi connectivity index (χ4n) is 2.63. The Hall–Kier alpha value is -2.67. The van der Waals surface area contributed by atoms with Crippen LogP contribution in [0, 0.1) is 6.92 Å². The normalized spacial score (nSPS) is 11.5. The Labute approximate surface area is 158 Å². The van der Waals surface area contributed by atoms with Crippen LogP contribution in [-0.2, 0) is 19.5 Å². The van der Waals surface area contributed by atoms with Gasteiger partial charge in [0.2, 0.25) is 0 Å². The molecule has 0 aliphatic rings. The highest BCUT2D eigenvalue weighted by Crippen LogP contribution is 2.11. The third kappa shape index (κ3) is 5.42. The molecule has 0 aliphatic heterocycles. The van der Waals surface area contributed by atoms with Gasteiger partial charge in [0.05, 0.1) is 11.6 Å². The first-order valence-electron chi connectivity index (χ1n) is 8.64. The molecular weight excluding hydrogens is 344 g/mol. The van der Waals surface area contributed by atoms with Crippen molar-refractivity contribution in [3.8, 4) is 0 Å². The first kappa shape index (κ1) is 18.1. The molecule has 1 aromatic carbocycles. The van der Waals surface area contributed by atoms with Gasteiger partial charge in [-0.05, 0) is 24.1 Å². The zero-order valence-corrected chi connectivity index (χ0v) is 16.0. The molecule has 2 N–H and O–H groups in total. The van der Waals surface area contributed by atoms with Crippen LogP contribution in [0.1, 0.15) is 21.0 Å². The number of aryl methyl sites for hydroxylation is 1. The van der Waals surface area contributed by atoms with Gasteiger partial charge in [-0.15, -0.1) is 11.3 Å². The molecule has 0 spiro atoms. The third-order valence-corrected chi connectivity index (χ3v) is 4.85. The van der Waals surface area contributed by atoms with Gasteiger partial charge in [-0.1, -0.05) is 24.3 Å². The number of hydrogen-bond acceptors (Lipinski definition) is 4. The zero-order valence-electron chi connectivity index (χ0n) is 15.1. The lowest BCUT2D eigenvalue weighted by atomic mass is 10.1. The van der Waals surface area contributed by atoms with Gasteiger partial charge in [0.25, 0.3) is 0 Å². The molecule has 2 aromatic heterocycles. The van der Waals surface area contributed by atoms with Crippen LogP contribution >= 0.6 is 11.3 Å². The van der Waals surface area contributed by atoms with Crippen molar-refractivity contribution in [1.29, 1.82) is 0 Å². The number of rotatable bonds is 7. The second-order valence-corrected chi connectivity index (χ2v) is 7.31. The standard InChI is InChI=1S/C19H24N6S/c1-15-12-22-18(26-15)7-9-21-19(20-2)23-13-16-5-3-6-17(11-16)14-25-10-4-8-24-25/h3-6,8,10-12H,7,9,13-14H2,1-2H3,(H2,20,21,23). The lowest BCUT2D eigenvalue weighted by molar-refractivity contribution is 0.685. The monoisotopic (exact) mass is 368 g/mol. The Morgan fingerprint density at radius 1 is 1.23 bits per heavy atom. The minimum absolute atomic E-state index is 0.725. The van der Waals surface area contributed by atoms with Crippen LogP contribution in [0.15, 0.2) is 53.9 Å². The van der Waals surface area contributed by atoms with Crippen molar-refractivity contribution < 1.29 is 0 Å². The molecular formula is C19H24N6S. The van der Waals surface area contributed by atoms with Crippen molar-refractivity contribution in [2.45, 2.75) is 26.4 Å². The van der Waals surface area contributed by atoms with E-state index < -0.39 is 0 Å². The summed E-state index contributed by atoms with van der Waals surface area (Å²) in [6.07, 6.45) is 6.59. The molecule has 26 heavy (non-hydrogen) atoms. The topological polar surface area (TPSA) is 67.1 Å². The Bertz CT molecular complexity index is 837. The van der Waals surface area contributed by atoms with E-state index in [-0.39, 0.29) is 0 Å². The first-order chi connectivity index (χ1) is 12.7. The van der Waals surface area contributed by atoms with E-state index in [1.807, 2.05) is 23.1 Å². The minimum atomic E-state index is 0.725. The molecule has 7 heteroatoms. The number of guanidine groups is 1. The van der Waals surface area contributed by atoms with Crippen molar-refractivity contribution in [3.05, 3.63) is 69.9 Å². The van der Waals surface area contributed by atoms with E-state index in [0.717, 1.165) is 37.0 Å². The largest absolute Gasteiger partial charge is 0.356 e. The molecule has 2 heterocycles. The van der Waals surface area contributed by atoms with Crippen LogP contribution in [-0.4, -0.2) is 34.3 Å². The highest BCUT2D eigenvalue weighted by Gasteiger charge is 2.02. The van der Waals surface area contributed by atoms with E-state index in [0.29, 0.717) is 0 Å². The molecule has 3 rings (SSSR count). The van der Waals surface area contributed by atoms with Crippen molar-refractivity contribution in [3.63, 3.8) is 0 Å². The summed E-state index contributed by atoms with van der Waals surface area (Å²) >= 11 is 1.74. The van der Waals surface area contributed by atoms with Crippen LogP contribution < -0.4 is 10.6 Å². The fourth-order valence-corrected chi connectivity index (χ4v) is 3.42. The Kier molecular flexibility index (Phi) is 6.38. The molecule has 0 atom stereocenters. The fraction of sp³-hybridized carbons (Fsp3) is 0.316. The number of nitrogens with zero attached hydrogens (tertiary/aromatic N) is 4. The van der Waals surface area contributed by atoms with Crippen LogP contribution in [0.4, 0.5) is 0 Å². The number of aromatic nitrogens is 3. The number of thiazole rings is 1. The smallest absolute Gasteiger partial charge is 0.191 e. The number of aliphatic imine (C=N–C) groups is 1. The van der Waals surface area contributed by atoms with E-state index in [9.17, 15) is 0 Å². The summed E-state index contributed by atoms with van der Waals surface area (Å²) in [5, 5.41) is 12.1. The predicted octanol–water partition coefficient (Wildman–Crippen LogP) is 2.60. The van der Waals surface area contributed by atoms with Gasteiger partial charge < -0.3 is 10.6 Å². The summed E-state index contributed by atoms with van der Waals surface area (Å²) in [6.45, 7) is 4.39. The molecule has 136 valence electrons. The SMILES string of the molecule is CN=C(NCCc1ncc(C)s1)NCc1cccc(Cn2cccn2)c1. The third-order valence-electron chi connectivity index (χ3n) is 3.88. The summed E-state index contributed by atoms with van der Waals surface area (Å²) < 4.78 is 1.92. The maximum absolute atomic E-state index is 4.38. The highest BCUT2D eigenvalue weighted by molar-refractivity contribution is 7.11. The number of hydrogen-bond donors (Lipinski definition) is 2. The summed E-state index contributed by atoms with van der Waals surface area (Å²) in [5.41, 5.74) is 2.45. The Morgan fingerprint density at radius 3 is 2.85 bits per heavy atom. The maximum atomic E-state index is 4.38. The van der Waals surface area contributed by atoms with Crippen molar-refractivity contribution in [2.24, 2.45) is 4.99 Å². The summed E-state index contributed by atoms with van der Waals surface area (Å²) in [7, 11) is 1.79. The molecule has 0 aliphatic carbocycles. The number of benzene rings is 1. The van der Waals surface area contributed by atoms with E-state index in [2.05, 4.69) is 56.9 Å². The van der Waals surface area contributed by atoms with E-state index in [1.54, 1.807) is 24.6 Å². The van der Waals surface area contributed by atoms with Crippen LogP contribution in [0.5, 0.6) is 0 Å². The molecule has 0 radical (unpaired) electrons. The van der Waals surface area contributed by atoms with Gasteiger partial charge in [-0.3, -0.25) is 9.67 Å². The molecule has 0 bridgehead atoms. The average Bonchev–Trinajstić information content (AvgIpc) is 3.30. The molecule has 0 unspecified atom stereocenters. The van der Waals surface area contributed by atoms with Gasteiger partial charge >= 0.3 is 0 Å². The quantitative estimate of drug-likeness (QED) is 0.497. The van der Waals surface area contributed by atoms with Crippen molar-refractivity contribution >= 4 is 17.3 Å². The lowest BCUT2D eigenvalue weighted by Crippen LogP contribution is -2.37. The predicted molar refractivity (Wildman–Crippen MR) is 107 cm³/mol. The maximum Gasteiger partial charge on any atom is 0.191 e. The average molecular weight is 369 g/mol. The van der Waals surface area contributed by atoms with Gasteiger partial charge in [-0.25, -0.2) is 4.98 Å². The molecule has 0 saturated heterocycles. The second kappa shape index (κ2) is 9.15.